The van der Waals surface area contributed by atoms with Crippen LogP contribution in [0.5, 0.6) is 0 Å². The maximum atomic E-state index is 13.8. The topological polar surface area (TPSA) is 160 Å². The molecule has 0 unspecified atom stereocenters. The molecule has 1 heterocycles. The summed E-state index contributed by atoms with van der Waals surface area (Å²) in [6.07, 6.45) is -0.982. The molecular weight excluding hydrogens is 707 g/mol. The standard InChI is InChI=1S/C34H47N3O10S3/c1-28-4-10-32(11-5-28)48(39,40)35-16-21-45-23-18-36(49(41,42)33-12-6-29(2)7-13-33)20-25-47-31(27-38)26-37(19-24-46-22-17-35)50(43,44)34-14-8-30(3)9-15-34/h4-15,31,38H,16-27H2,1-3H3/t31-/m0/s1. The van der Waals surface area contributed by atoms with E-state index in [1.54, 1.807) is 36.4 Å². The molecule has 16 heteroatoms. The van der Waals surface area contributed by atoms with Crippen LogP contribution in [-0.2, 0) is 44.3 Å². The largest absolute Gasteiger partial charge is 0.394 e. The first kappa shape index (κ1) is 40.0. The van der Waals surface area contributed by atoms with Crippen molar-refractivity contribution in [3.05, 3.63) is 89.5 Å². The van der Waals surface area contributed by atoms with Crippen LogP contribution in [0.2, 0.25) is 0 Å². The minimum absolute atomic E-state index is 0.0187. The van der Waals surface area contributed by atoms with E-state index in [1.165, 1.54) is 45.0 Å². The summed E-state index contributed by atoms with van der Waals surface area (Å²) in [6, 6.07) is 19.2. The van der Waals surface area contributed by atoms with E-state index in [4.69, 9.17) is 14.2 Å². The van der Waals surface area contributed by atoms with Gasteiger partial charge in [0.05, 0.1) is 60.4 Å². The van der Waals surface area contributed by atoms with Crippen molar-refractivity contribution in [2.24, 2.45) is 0 Å². The summed E-state index contributed by atoms with van der Waals surface area (Å²) < 4.78 is 103. The molecule has 1 N–H and O–H groups in total. The molecule has 13 nitrogen and oxygen atoms in total. The van der Waals surface area contributed by atoms with Gasteiger partial charge < -0.3 is 19.3 Å². The number of sulfonamides is 3. The van der Waals surface area contributed by atoms with Crippen LogP contribution >= 0.6 is 0 Å². The number of nitrogens with zero attached hydrogens (tertiary/aromatic N) is 3. The van der Waals surface area contributed by atoms with E-state index in [0.29, 0.717) is 0 Å². The van der Waals surface area contributed by atoms with Gasteiger partial charge in [0.2, 0.25) is 30.1 Å². The Morgan fingerprint density at radius 2 is 0.820 bits per heavy atom. The Kier molecular flexibility index (Phi) is 14.5. The summed E-state index contributed by atoms with van der Waals surface area (Å²) in [6.45, 7) is 4.11. The fourth-order valence-corrected chi connectivity index (χ4v) is 9.44. The SMILES string of the molecule is Cc1ccc(S(=O)(=O)N2CCOCCN(S(=O)(=O)c3ccc(C)cc3)CCO[C@H](CO)CN(S(=O)(=O)c3ccc(C)cc3)CCOCC2)cc1. The first-order valence-electron chi connectivity index (χ1n) is 16.3. The molecule has 1 saturated heterocycles. The van der Waals surface area contributed by atoms with E-state index in [-0.39, 0.29) is 87.0 Å². The number of aryl methyl sites for hydroxylation is 3. The van der Waals surface area contributed by atoms with E-state index < -0.39 is 42.8 Å². The second kappa shape index (κ2) is 18.1. The lowest BCUT2D eigenvalue weighted by Gasteiger charge is -2.28. The molecule has 1 atom stereocenters. The van der Waals surface area contributed by atoms with Gasteiger partial charge in [-0.2, -0.15) is 12.9 Å². The normalized spacial score (nSPS) is 19.8. The summed E-state index contributed by atoms with van der Waals surface area (Å²) >= 11 is 0. The van der Waals surface area contributed by atoms with Crippen molar-refractivity contribution in [3.8, 4) is 0 Å². The number of aliphatic hydroxyl groups is 1. The summed E-state index contributed by atoms with van der Waals surface area (Å²) in [5.74, 6) is 0. The molecular formula is C34H47N3O10S3. The van der Waals surface area contributed by atoms with E-state index in [1.807, 2.05) is 20.8 Å². The summed E-state index contributed by atoms with van der Waals surface area (Å²) in [7, 11) is -12.0. The fourth-order valence-electron chi connectivity index (χ4n) is 5.17. The Labute approximate surface area is 296 Å². The van der Waals surface area contributed by atoms with Gasteiger partial charge >= 0.3 is 0 Å². The minimum Gasteiger partial charge on any atom is -0.394 e. The second-order valence-corrected chi connectivity index (χ2v) is 17.8. The van der Waals surface area contributed by atoms with Crippen LogP contribution in [0.25, 0.3) is 0 Å². The maximum Gasteiger partial charge on any atom is 0.243 e. The molecule has 0 spiro atoms. The van der Waals surface area contributed by atoms with Crippen molar-refractivity contribution in [2.45, 2.75) is 41.6 Å². The lowest BCUT2D eigenvalue weighted by molar-refractivity contribution is -0.00454. The van der Waals surface area contributed by atoms with Gasteiger partial charge in [-0.25, -0.2) is 25.3 Å². The number of aliphatic hydroxyl groups excluding tert-OH is 1. The van der Waals surface area contributed by atoms with E-state index in [9.17, 15) is 30.4 Å². The van der Waals surface area contributed by atoms with Crippen LogP contribution in [0.4, 0.5) is 0 Å². The predicted molar refractivity (Wildman–Crippen MR) is 188 cm³/mol. The Balaban J connectivity index is 1.61. The molecule has 0 radical (unpaired) electrons. The quantitative estimate of drug-likeness (QED) is 0.380. The Bertz CT molecular complexity index is 1840. The molecule has 0 saturated carbocycles. The van der Waals surface area contributed by atoms with Crippen molar-refractivity contribution < 1.29 is 44.6 Å². The lowest BCUT2D eigenvalue weighted by atomic mass is 10.2. The van der Waals surface area contributed by atoms with E-state index >= 15 is 0 Å². The van der Waals surface area contributed by atoms with Crippen LogP contribution in [-0.4, -0.2) is 128 Å². The average Bonchev–Trinajstić information content (AvgIpc) is 3.08. The number of rotatable bonds is 7. The smallest absolute Gasteiger partial charge is 0.243 e. The minimum atomic E-state index is -4.06. The van der Waals surface area contributed by atoms with Gasteiger partial charge in [0.1, 0.15) is 0 Å². The van der Waals surface area contributed by atoms with Crippen molar-refractivity contribution in [3.63, 3.8) is 0 Å². The van der Waals surface area contributed by atoms with Gasteiger partial charge in [0.15, 0.2) is 0 Å². The first-order chi connectivity index (χ1) is 23.7. The molecule has 1 aliphatic rings. The maximum absolute atomic E-state index is 13.8. The van der Waals surface area contributed by atoms with Crippen molar-refractivity contribution >= 4 is 30.1 Å². The molecule has 0 bridgehead atoms. The molecule has 276 valence electrons. The zero-order valence-electron chi connectivity index (χ0n) is 28.7. The van der Waals surface area contributed by atoms with Gasteiger partial charge in [-0.15, -0.1) is 0 Å². The summed E-state index contributed by atoms with van der Waals surface area (Å²) in [5, 5.41) is 10.2. The number of ether oxygens (including phenoxy) is 3. The highest BCUT2D eigenvalue weighted by molar-refractivity contribution is 7.89. The van der Waals surface area contributed by atoms with E-state index in [0.717, 1.165) is 21.0 Å². The molecule has 50 heavy (non-hydrogen) atoms. The van der Waals surface area contributed by atoms with Crippen molar-refractivity contribution in [2.75, 3.05) is 78.9 Å². The Morgan fingerprint density at radius 1 is 0.520 bits per heavy atom. The monoisotopic (exact) mass is 753 g/mol. The zero-order valence-corrected chi connectivity index (χ0v) is 31.1. The van der Waals surface area contributed by atoms with Gasteiger partial charge in [-0.3, -0.25) is 0 Å². The molecule has 3 aromatic rings. The van der Waals surface area contributed by atoms with Gasteiger partial charge in [-0.05, 0) is 57.2 Å². The van der Waals surface area contributed by atoms with Crippen LogP contribution < -0.4 is 0 Å². The zero-order chi connectivity index (χ0) is 36.4. The average molecular weight is 754 g/mol. The van der Waals surface area contributed by atoms with Crippen LogP contribution in [0.1, 0.15) is 16.7 Å². The van der Waals surface area contributed by atoms with Gasteiger partial charge in [0.25, 0.3) is 0 Å². The molecule has 0 aromatic heterocycles. The molecule has 0 aliphatic carbocycles. The Morgan fingerprint density at radius 3 is 1.16 bits per heavy atom. The van der Waals surface area contributed by atoms with Crippen LogP contribution in [0.3, 0.4) is 0 Å². The fraction of sp³-hybridized carbons (Fsp3) is 0.471. The third-order valence-corrected chi connectivity index (χ3v) is 13.9. The first-order valence-corrected chi connectivity index (χ1v) is 20.7. The highest BCUT2D eigenvalue weighted by atomic mass is 32.2. The van der Waals surface area contributed by atoms with Gasteiger partial charge in [-0.1, -0.05) is 53.1 Å². The Hall–Kier alpha value is -2.77. The number of hydrogen-bond acceptors (Lipinski definition) is 10. The van der Waals surface area contributed by atoms with Crippen LogP contribution in [0.15, 0.2) is 87.5 Å². The highest BCUT2D eigenvalue weighted by Crippen LogP contribution is 2.20. The van der Waals surface area contributed by atoms with Crippen molar-refractivity contribution in [1.82, 2.24) is 12.9 Å². The number of hydrogen-bond donors (Lipinski definition) is 1. The third-order valence-electron chi connectivity index (χ3n) is 8.22. The summed E-state index contributed by atoms with van der Waals surface area (Å²) in [4.78, 5) is 0.230. The molecule has 0 amide bonds. The van der Waals surface area contributed by atoms with Crippen LogP contribution in [0, 0.1) is 20.8 Å². The van der Waals surface area contributed by atoms with Crippen molar-refractivity contribution in [1.29, 1.82) is 0 Å². The molecule has 1 aliphatic heterocycles. The molecule has 1 fully saturated rings. The molecule has 4 rings (SSSR count). The van der Waals surface area contributed by atoms with E-state index in [2.05, 4.69) is 0 Å². The number of benzene rings is 3. The third kappa shape index (κ3) is 10.6. The second-order valence-electron chi connectivity index (χ2n) is 12.0. The summed E-state index contributed by atoms with van der Waals surface area (Å²) in [5.41, 5.74) is 2.67. The molecule has 3 aromatic carbocycles. The predicted octanol–water partition coefficient (Wildman–Crippen LogP) is 2.41. The van der Waals surface area contributed by atoms with Gasteiger partial charge in [0, 0.05) is 39.3 Å². The highest BCUT2D eigenvalue weighted by Gasteiger charge is 2.30. The lowest BCUT2D eigenvalue weighted by Crippen LogP contribution is -2.43.